The lowest BCUT2D eigenvalue weighted by Crippen LogP contribution is -2.09. The predicted molar refractivity (Wildman–Crippen MR) is 141 cm³/mol. The van der Waals surface area contributed by atoms with E-state index in [0.717, 1.165) is 21.9 Å². The zero-order valence-electron chi connectivity index (χ0n) is 19.3. The molecule has 0 saturated heterocycles. The maximum Gasteiger partial charge on any atom is 0.237 e. The fraction of sp³-hybridized carbons (Fsp3) is 0.111. The van der Waals surface area contributed by atoms with Crippen LogP contribution in [0.15, 0.2) is 84.3 Å². The van der Waals surface area contributed by atoms with Crippen LogP contribution in [0.2, 0.25) is 0 Å². The number of nitrogens with zero attached hydrogens (tertiary/aromatic N) is 3. The van der Waals surface area contributed by atoms with Gasteiger partial charge in [-0.3, -0.25) is 4.57 Å². The molecule has 35 heavy (non-hydrogen) atoms. The molecule has 2 aromatic heterocycles. The summed E-state index contributed by atoms with van der Waals surface area (Å²) in [5.74, 6) is 1.69. The summed E-state index contributed by atoms with van der Waals surface area (Å²) in [4.78, 5) is 9.75. The molecule has 3 aromatic carbocycles. The number of para-hydroxylation sites is 2. The van der Waals surface area contributed by atoms with E-state index < -0.39 is 9.84 Å². The van der Waals surface area contributed by atoms with Gasteiger partial charge in [0.15, 0.2) is 9.84 Å². The van der Waals surface area contributed by atoms with Crippen LogP contribution in [-0.4, -0.2) is 36.3 Å². The van der Waals surface area contributed by atoms with Crippen LogP contribution in [0.25, 0.3) is 33.8 Å². The van der Waals surface area contributed by atoms with E-state index in [0.29, 0.717) is 35.3 Å². The Labute approximate surface area is 203 Å². The molecule has 5 aromatic rings. The summed E-state index contributed by atoms with van der Waals surface area (Å²) in [5, 5.41) is 6.41. The van der Waals surface area contributed by atoms with Gasteiger partial charge < -0.3 is 10.1 Å². The van der Waals surface area contributed by atoms with Crippen molar-refractivity contribution in [1.82, 2.24) is 14.5 Å². The molecule has 1 N–H and O–H groups in total. The van der Waals surface area contributed by atoms with Crippen molar-refractivity contribution in [3.8, 4) is 11.7 Å². The summed E-state index contributed by atoms with van der Waals surface area (Å²) >= 11 is 0. The molecule has 0 saturated carbocycles. The van der Waals surface area contributed by atoms with Crippen LogP contribution in [0.5, 0.6) is 5.75 Å². The molecule has 176 valence electrons. The van der Waals surface area contributed by atoms with Crippen LogP contribution < -0.4 is 10.1 Å². The minimum atomic E-state index is -3.32. The summed E-state index contributed by atoms with van der Waals surface area (Å²) in [7, 11) is -1.71. The van der Waals surface area contributed by atoms with Gasteiger partial charge in [-0.25, -0.2) is 13.4 Å². The minimum Gasteiger partial charge on any atom is -0.494 e. The Kier molecular flexibility index (Phi) is 5.96. The number of methoxy groups -OCH3 is 1. The molecule has 0 bridgehead atoms. The van der Waals surface area contributed by atoms with Gasteiger partial charge in [0.05, 0.1) is 18.3 Å². The predicted octanol–water partition coefficient (Wildman–Crippen LogP) is 5.21. The highest BCUT2D eigenvalue weighted by Crippen LogP contribution is 2.31. The van der Waals surface area contributed by atoms with E-state index in [9.17, 15) is 8.42 Å². The van der Waals surface area contributed by atoms with Crippen molar-refractivity contribution in [2.24, 2.45) is 0 Å². The van der Waals surface area contributed by atoms with Crippen molar-refractivity contribution in [3.05, 3.63) is 95.5 Å². The summed E-state index contributed by atoms with van der Waals surface area (Å²) in [6.45, 7) is 0.580. The third kappa shape index (κ3) is 4.74. The highest BCUT2D eigenvalue weighted by molar-refractivity contribution is 7.93. The molecule has 0 atom stereocenters. The molecule has 0 amide bonds. The fourth-order valence-electron chi connectivity index (χ4n) is 4.01. The second-order valence-electron chi connectivity index (χ2n) is 8.16. The van der Waals surface area contributed by atoms with Crippen molar-refractivity contribution < 1.29 is 13.2 Å². The molecule has 2 heterocycles. The molecule has 0 aliphatic heterocycles. The molecule has 0 aliphatic carbocycles. The topological polar surface area (TPSA) is 86.1 Å². The Hall–Kier alpha value is -4.17. The lowest BCUT2D eigenvalue weighted by atomic mass is 10.2. The SMILES string of the molecule is COc1cccc2c(NCc3ccccc3)nc(-n3c(C=CS(C)(=O)=O)cc4ccccc43)nc12. The van der Waals surface area contributed by atoms with Crippen LogP contribution in [0, 0.1) is 0 Å². The molecular formula is C27H24N4O3S. The number of sulfone groups is 1. The first kappa shape index (κ1) is 22.6. The van der Waals surface area contributed by atoms with Crippen molar-refractivity contribution in [2.45, 2.75) is 6.54 Å². The molecule has 0 fully saturated rings. The molecule has 8 heteroatoms. The zero-order chi connectivity index (χ0) is 24.4. The highest BCUT2D eigenvalue weighted by Gasteiger charge is 2.17. The number of hydrogen-bond donors (Lipinski definition) is 1. The number of benzene rings is 3. The van der Waals surface area contributed by atoms with Crippen LogP contribution in [-0.2, 0) is 16.4 Å². The fourth-order valence-corrected chi connectivity index (χ4v) is 4.40. The Morgan fingerprint density at radius 3 is 2.51 bits per heavy atom. The number of nitrogens with one attached hydrogen (secondary N) is 1. The molecule has 0 aliphatic rings. The molecule has 7 nitrogen and oxygen atoms in total. The number of rotatable bonds is 7. The molecule has 0 unspecified atom stereocenters. The first-order valence-electron chi connectivity index (χ1n) is 11.0. The van der Waals surface area contributed by atoms with E-state index >= 15 is 0 Å². The van der Waals surface area contributed by atoms with Crippen molar-refractivity contribution >= 4 is 43.5 Å². The van der Waals surface area contributed by atoms with Gasteiger partial charge in [0.2, 0.25) is 5.95 Å². The Morgan fingerprint density at radius 2 is 1.74 bits per heavy atom. The highest BCUT2D eigenvalue weighted by atomic mass is 32.2. The average Bonchev–Trinajstić information content (AvgIpc) is 3.24. The van der Waals surface area contributed by atoms with E-state index in [2.05, 4.69) is 5.32 Å². The lowest BCUT2D eigenvalue weighted by Gasteiger charge is -2.14. The average molecular weight is 485 g/mol. The van der Waals surface area contributed by atoms with Gasteiger partial charge in [0, 0.05) is 29.0 Å². The van der Waals surface area contributed by atoms with Gasteiger partial charge >= 0.3 is 0 Å². The van der Waals surface area contributed by atoms with Gasteiger partial charge in [-0.1, -0.05) is 54.6 Å². The maximum atomic E-state index is 11.8. The summed E-state index contributed by atoms with van der Waals surface area (Å²) in [5.41, 5.74) is 3.29. The van der Waals surface area contributed by atoms with Crippen molar-refractivity contribution in [3.63, 3.8) is 0 Å². The maximum absolute atomic E-state index is 11.8. The van der Waals surface area contributed by atoms with Gasteiger partial charge in [-0.05, 0) is 35.9 Å². The monoisotopic (exact) mass is 484 g/mol. The lowest BCUT2D eigenvalue weighted by molar-refractivity contribution is 0.419. The third-order valence-corrected chi connectivity index (χ3v) is 6.26. The second kappa shape index (κ2) is 9.23. The van der Waals surface area contributed by atoms with Gasteiger partial charge in [0.1, 0.15) is 17.1 Å². The molecule has 0 spiro atoms. The van der Waals surface area contributed by atoms with Gasteiger partial charge in [-0.15, -0.1) is 0 Å². The number of ether oxygens (including phenoxy) is 1. The third-order valence-electron chi connectivity index (χ3n) is 5.63. The Bertz CT molecular complexity index is 1660. The summed E-state index contributed by atoms with van der Waals surface area (Å²) in [6.07, 6.45) is 2.74. The minimum absolute atomic E-state index is 0.409. The van der Waals surface area contributed by atoms with E-state index in [1.165, 1.54) is 11.7 Å². The zero-order valence-corrected chi connectivity index (χ0v) is 20.2. The van der Waals surface area contributed by atoms with Crippen LogP contribution in [0.1, 0.15) is 11.3 Å². The quantitative estimate of drug-likeness (QED) is 0.341. The first-order chi connectivity index (χ1) is 16.9. The Morgan fingerprint density at radius 1 is 0.971 bits per heavy atom. The van der Waals surface area contributed by atoms with E-state index in [4.69, 9.17) is 14.7 Å². The van der Waals surface area contributed by atoms with E-state index in [1.807, 2.05) is 83.4 Å². The molecule has 5 rings (SSSR count). The van der Waals surface area contributed by atoms with E-state index in [-0.39, 0.29) is 0 Å². The van der Waals surface area contributed by atoms with Gasteiger partial charge in [0.25, 0.3) is 0 Å². The van der Waals surface area contributed by atoms with E-state index in [1.54, 1.807) is 13.2 Å². The summed E-state index contributed by atoms with van der Waals surface area (Å²) in [6, 6.07) is 25.5. The second-order valence-corrected chi connectivity index (χ2v) is 10.1. The van der Waals surface area contributed by atoms with Crippen LogP contribution >= 0.6 is 0 Å². The Balaban J connectivity index is 1.73. The van der Waals surface area contributed by atoms with Crippen molar-refractivity contribution in [2.75, 3.05) is 18.7 Å². The van der Waals surface area contributed by atoms with Crippen LogP contribution in [0.4, 0.5) is 5.82 Å². The number of anilines is 1. The number of fused-ring (bicyclic) bond motifs is 2. The molecule has 0 radical (unpaired) electrons. The van der Waals surface area contributed by atoms with Crippen molar-refractivity contribution in [1.29, 1.82) is 0 Å². The summed E-state index contributed by atoms with van der Waals surface area (Å²) < 4.78 is 31.2. The smallest absolute Gasteiger partial charge is 0.237 e. The number of aromatic nitrogens is 3. The number of hydrogen-bond acceptors (Lipinski definition) is 6. The molecular weight excluding hydrogens is 460 g/mol. The normalized spacial score (nSPS) is 11.9. The standard InChI is InChI=1S/C27H24N4O3S/c1-34-24-14-8-12-22-25(24)29-27(30-26(22)28-18-19-9-4-3-5-10-19)31-21(15-16-35(2,32)33)17-20-11-6-7-13-23(20)31/h3-17H,18H2,1-2H3,(H,28,29,30). The largest absolute Gasteiger partial charge is 0.494 e. The van der Waals surface area contributed by atoms with Gasteiger partial charge in [-0.2, -0.15) is 4.98 Å². The first-order valence-corrected chi connectivity index (χ1v) is 13.0. The van der Waals surface area contributed by atoms with Crippen LogP contribution in [0.3, 0.4) is 0 Å².